The van der Waals surface area contributed by atoms with E-state index in [9.17, 15) is 0 Å². The van der Waals surface area contributed by atoms with Gasteiger partial charge in [0.25, 0.3) is 0 Å². The second-order valence-corrected chi connectivity index (χ2v) is 6.49. The fourth-order valence-electron chi connectivity index (χ4n) is 3.82. The Hall–Kier alpha value is -2.02. The van der Waals surface area contributed by atoms with E-state index in [0.29, 0.717) is 0 Å². The van der Waals surface area contributed by atoms with Crippen LogP contribution >= 0.6 is 0 Å². The Morgan fingerprint density at radius 3 is 2.65 bits per heavy atom. The van der Waals surface area contributed by atoms with Crippen LogP contribution in [0, 0.1) is 0 Å². The van der Waals surface area contributed by atoms with Gasteiger partial charge in [-0.05, 0) is 66.0 Å². The molecular weight excluding hydrogens is 280 g/mol. The van der Waals surface area contributed by atoms with Gasteiger partial charge in [0, 0.05) is 0 Å². The van der Waals surface area contributed by atoms with Gasteiger partial charge < -0.3 is 4.74 Å². The standard InChI is InChI=1S/C22H26O/c1-3-8-18-12-7-14-21(19-10-4-5-11-19)22(18)16-17-9-6-13-20(15-17)23-2/h3,6-7,9,12-15,19H,1,4-5,8,10-11,16H2,2H3. The van der Waals surface area contributed by atoms with E-state index in [0.717, 1.165) is 24.5 Å². The number of ether oxygens (including phenoxy) is 1. The van der Waals surface area contributed by atoms with Gasteiger partial charge in [-0.3, -0.25) is 0 Å². The lowest BCUT2D eigenvalue weighted by molar-refractivity contribution is 0.414. The molecule has 0 aromatic heterocycles. The summed E-state index contributed by atoms with van der Waals surface area (Å²) in [5, 5.41) is 0. The van der Waals surface area contributed by atoms with Crippen molar-refractivity contribution in [3.63, 3.8) is 0 Å². The highest BCUT2D eigenvalue weighted by Crippen LogP contribution is 2.37. The molecule has 1 saturated carbocycles. The van der Waals surface area contributed by atoms with Gasteiger partial charge in [-0.2, -0.15) is 0 Å². The molecule has 0 aliphatic heterocycles. The minimum absolute atomic E-state index is 0.736. The van der Waals surface area contributed by atoms with E-state index in [-0.39, 0.29) is 0 Å². The average molecular weight is 306 g/mol. The monoisotopic (exact) mass is 306 g/mol. The predicted octanol–water partition coefficient (Wildman–Crippen LogP) is 5.67. The number of methoxy groups -OCH3 is 1. The second kappa shape index (κ2) is 7.50. The Morgan fingerprint density at radius 2 is 1.91 bits per heavy atom. The minimum Gasteiger partial charge on any atom is -0.497 e. The Bertz CT molecular complexity index is 665. The molecule has 3 rings (SSSR count). The van der Waals surface area contributed by atoms with Crippen LogP contribution in [0.1, 0.15) is 53.9 Å². The summed E-state index contributed by atoms with van der Waals surface area (Å²) in [5.41, 5.74) is 5.81. The van der Waals surface area contributed by atoms with E-state index in [2.05, 4.69) is 43.0 Å². The first-order valence-electron chi connectivity index (χ1n) is 8.66. The molecule has 120 valence electrons. The predicted molar refractivity (Wildman–Crippen MR) is 97.4 cm³/mol. The van der Waals surface area contributed by atoms with Gasteiger partial charge in [0.05, 0.1) is 7.11 Å². The molecule has 2 aromatic rings. The average Bonchev–Trinajstić information content (AvgIpc) is 3.11. The number of rotatable bonds is 6. The molecule has 0 unspecified atom stereocenters. The third kappa shape index (κ3) is 3.67. The van der Waals surface area contributed by atoms with Gasteiger partial charge in [0.15, 0.2) is 0 Å². The van der Waals surface area contributed by atoms with E-state index < -0.39 is 0 Å². The van der Waals surface area contributed by atoms with Crippen LogP contribution in [0.3, 0.4) is 0 Å². The lowest BCUT2D eigenvalue weighted by Crippen LogP contribution is -2.04. The van der Waals surface area contributed by atoms with Crippen LogP contribution in [0.4, 0.5) is 0 Å². The molecule has 0 saturated heterocycles. The van der Waals surface area contributed by atoms with Gasteiger partial charge in [-0.25, -0.2) is 0 Å². The second-order valence-electron chi connectivity index (χ2n) is 6.49. The molecule has 1 aliphatic carbocycles. The summed E-state index contributed by atoms with van der Waals surface area (Å²) in [6.07, 6.45) is 9.35. The summed E-state index contributed by atoms with van der Waals surface area (Å²) < 4.78 is 5.38. The topological polar surface area (TPSA) is 9.23 Å². The van der Waals surface area contributed by atoms with Crippen molar-refractivity contribution in [3.05, 3.63) is 77.4 Å². The SMILES string of the molecule is C=CCc1cccc(C2CCCC2)c1Cc1cccc(OC)c1. The van der Waals surface area contributed by atoms with Crippen LogP contribution in [0.15, 0.2) is 55.1 Å². The summed E-state index contributed by atoms with van der Waals surface area (Å²) in [5.74, 6) is 1.67. The Morgan fingerprint density at radius 1 is 1.13 bits per heavy atom. The van der Waals surface area contributed by atoms with E-state index in [1.54, 1.807) is 12.7 Å². The Labute approximate surface area is 140 Å². The first-order valence-corrected chi connectivity index (χ1v) is 8.66. The molecule has 0 spiro atoms. The van der Waals surface area contributed by atoms with Crippen molar-refractivity contribution in [1.29, 1.82) is 0 Å². The quantitative estimate of drug-likeness (QED) is 0.625. The summed E-state index contributed by atoms with van der Waals surface area (Å²) >= 11 is 0. The largest absolute Gasteiger partial charge is 0.497 e. The number of benzene rings is 2. The zero-order valence-electron chi connectivity index (χ0n) is 14.1. The Kier molecular flexibility index (Phi) is 5.17. The summed E-state index contributed by atoms with van der Waals surface area (Å²) in [6.45, 7) is 3.94. The van der Waals surface area contributed by atoms with Gasteiger partial charge in [-0.15, -0.1) is 6.58 Å². The lowest BCUT2D eigenvalue weighted by atomic mass is 9.86. The molecule has 23 heavy (non-hydrogen) atoms. The van der Waals surface area contributed by atoms with Crippen molar-refractivity contribution in [1.82, 2.24) is 0 Å². The van der Waals surface area contributed by atoms with Crippen molar-refractivity contribution in [2.24, 2.45) is 0 Å². The fourth-order valence-corrected chi connectivity index (χ4v) is 3.82. The fraction of sp³-hybridized carbons (Fsp3) is 0.364. The summed E-state index contributed by atoms with van der Waals surface area (Å²) in [6, 6.07) is 15.3. The van der Waals surface area contributed by atoms with Crippen LogP contribution < -0.4 is 4.74 Å². The van der Waals surface area contributed by atoms with Crippen molar-refractivity contribution >= 4 is 0 Å². The van der Waals surface area contributed by atoms with Gasteiger partial charge >= 0.3 is 0 Å². The molecule has 0 amide bonds. The van der Waals surface area contributed by atoms with Crippen molar-refractivity contribution in [2.45, 2.75) is 44.4 Å². The summed E-state index contributed by atoms with van der Waals surface area (Å²) in [4.78, 5) is 0. The normalized spacial score (nSPS) is 14.8. The minimum atomic E-state index is 0.736. The van der Waals surface area contributed by atoms with Crippen LogP contribution in [0.5, 0.6) is 5.75 Å². The molecule has 1 aliphatic rings. The van der Waals surface area contributed by atoms with Crippen LogP contribution in [-0.4, -0.2) is 7.11 Å². The highest BCUT2D eigenvalue weighted by molar-refractivity contribution is 5.43. The maximum absolute atomic E-state index is 5.38. The highest BCUT2D eigenvalue weighted by atomic mass is 16.5. The van der Waals surface area contributed by atoms with Crippen LogP contribution in [0.25, 0.3) is 0 Å². The third-order valence-electron chi connectivity index (χ3n) is 4.98. The number of hydrogen-bond acceptors (Lipinski definition) is 1. The van der Waals surface area contributed by atoms with E-state index in [1.165, 1.54) is 42.4 Å². The van der Waals surface area contributed by atoms with Crippen molar-refractivity contribution in [3.8, 4) is 5.75 Å². The molecule has 1 fully saturated rings. The molecule has 2 aromatic carbocycles. The Balaban J connectivity index is 1.98. The van der Waals surface area contributed by atoms with Gasteiger partial charge in [0.2, 0.25) is 0 Å². The zero-order chi connectivity index (χ0) is 16.1. The molecule has 0 bridgehead atoms. The number of hydrogen-bond donors (Lipinski definition) is 0. The third-order valence-corrected chi connectivity index (χ3v) is 4.98. The van der Waals surface area contributed by atoms with E-state index in [4.69, 9.17) is 4.74 Å². The molecule has 0 radical (unpaired) electrons. The van der Waals surface area contributed by atoms with Crippen molar-refractivity contribution < 1.29 is 4.74 Å². The maximum Gasteiger partial charge on any atom is 0.119 e. The smallest absolute Gasteiger partial charge is 0.119 e. The van der Waals surface area contributed by atoms with Crippen molar-refractivity contribution in [2.75, 3.05) is 7.11 Å². The maximum atomic E-state index is 5.38. The molecule has 0 heterocycles. The molecule has 0 atom stereocenters. The lowest BCUT2D eigenvalue weighted by Gasteiger charge is -2.19. The van der Waals surface area contributed by atoms with Gasteiger partial charge in [0.1, 0.15) is 5.75 Å². The van der Waals surface area contributed by atoms with E-state index >= 15 is 0 Å². The van der Waals surface area contributed by atoms with Gasteiger partial charge in [-0.1, -0.05) is 49.2 Å². The summed E-state index contributed by atoms with van der Waals surface area (Å²) in [7, 11) is 1.73. The number of allylic oxidation sites excluding steroid dienone is 1. The van der Waals surface area contributed by atoms with Crippen LogP contribution in [0.2, 0.25) is 0 Å². The first kappa shape index (κ1) is 15.9. The molecule has 0 N–H and O–H groups in total. The molecular formula is C22H26O. The van der Waals surface area contributed by atoms with E-state index in [1.807, 2.05) is 12.1 Å². The molecule has 1 nitrogen and oxygen atoms in total. The van der Waals surface area contributed by atoms with Crippen LogP contribution in [-0.2, 0) is 12.8 Å². The zero-order valence-corrected chi connectivity index (χ0v) is 14.1. The first-order chi connectivity index (χ1) is 11.3. The highest BCUT2D eigenvalue weighted by Gasteiger charge is 2.21. The molecule has 1 heteroatoms.